The maximum atomic E-state index is 13.8. The van der Waals surface area contributed by atoms with Crippen LogP contribution in [-0.4, -0.2) is 50.8 Å². The second kappa shape index (κ2) is 7.32. The number of rotatable bonds is 3. The molecule has 25 heavy (non-hydrogen) atoms. The van der Waals surface area contributed by atoms with E-state index in [-0.39, 0.29) is 11.2 Å². The fourth-order valence-corrected chi connectivity index (χ4v) is 4.02. The Morgan fingerprint density at radius 2 is 2.04 bits per heavy atom. The smallest absolute Gasteiger partial charge is 0.193 e. The molecule has 0 amide bonds. The van der Waals surface area contributed by atoms with E-state index in [0.29, 0.717) is 18.6 Å². The standard InChI is InChI=1S/C20H30FN3O/c1-19(2)7-10-24(15-19)18(22-3)23-14-20(8-11-25-12-9-20)16-5-4-6-17(21)13-16/h4-6,13H,7-12,14-15H2,1-3H3,(H,22,23). The molecule has 2 aliphatic rings. The lowest BCUT2D eigenvalue weighted by molar-refractivity contribution is 0.0511. The van der Waals surface area contributed by atoms with E-state index in [1.807, 2.05) is 13.1 Å². The van der Waals surface area contributed by atoms with Crippen LogP contribution in [0.25, 0.3) is 0 Å². The number of halogens is 1. The Bertz CT molecular complexity index is 623. The molecule has 138 valence electrons. The number of hydrogen-bond donors (Lipinski definition) is 1. The summed E-state index contributed by atoms with van der Waals surface area (Å²) in [6.07, 6.45) is 2.97. The summed E-state index contributed by atoms with van der Waals surface area (Å²) in [5, 5.41) is 3.58. The number of nitrogens with zero attached hydrogens (tertiary/aromatic N) is 2. The van der Waals surface area contributed by atoms with Crippen molar-refractivity contribution in [1.82, 2.24) is 10.2 Å². The topological polar surface area (TPSA) is 36.9 Å². The number of likely N-dealkylation sites (tertiary alicyclic amines) is 1. The Kier molecular flexibility index (Phi) is 5.32. The number of hydrogen-bond acceptors (Lipinski definition) is 2. The molecule has 0 atom stereocenters. The first-order valence-corrected chi connectivity index (χ1v) is 9.24. The van der Waals surface area contributed by atoms with E-state index in [9.17, 15) is 4.39 Å². The highest BCUT2D eigenvalue weighted by Crippen LogP contribution is 2.35. The van der Waals surface area contributed by atoms with Gasteiger partial charge in [0.1, 0.15) is 5.82 Å². The van der Waals surface area contributed by atoms with E-state index in [1.165, 1.54) is 12.5 Å². The second-order valence-corrected chi connectivity index (χ2v) is 8.14. The summed E-state index contributed by atoms with van der Waals surface area (Å²) < 4.78 is 19.4. The molecule has 3 rings (SSSR count). The first-order chi connectivity index (χ1) is 11.9. The van der Waals surface area contributed by atoms with Gasteiger partial charge in [-0.25, -0.2) is 4.39 Å². The van der Waals surface area contributed by atoms with Crippen molar-refractivity contribution in [1.29, 1.82) is 0 Å². The molecule has 0 saturated carbocycles. The number of ether oxygens (including phenoxy) is 1. The van der Waals surface area contributed by atoms with Crippen molar-refractivity contribution in [3.63, 3.8) is 0 Å². The van der Waals surface area contributed by atoms with Crippen molar-refractivity contribution in [2.24, 2.45) is 10.4 Å². The summed E-state index contributed by atoms with van der Waals surface area (Å²) in [5.41, 5.74) is 1.28. The first-order valence-electron chi connectivity index (χ1n) is 9.24. The summed E-state index contributed by atoms with van der Waals surface area (Å²) >= 11 is 0. The van der Waals surface area contributed by atoms with Crippen LogP contribution in [0, 0.1) is 11.2 Å². The average Bonchev–Trinajstić information content (AvgIpc) is 2.96. The first kappa shape index (κ1) is 18.2. The summed E-state index contributed by atoms with van der Waals surface area (Å²) in [4.78, 5) is 6.82. The Balaban J connectivity index is 1.75. The fraction of sp³-hybridized carbons (Fsp3) is 0.650. The highest BCUT2D eigenvalue weighted by molar-refractivity contribution is 5.80. The predicted molar refractivity (Wildman–Crippen MR) is 99.5 cm³/mol. The minimum atomic E-state index is -0.172. The van der Waals surface area contributed by atoms with E-state index in [0.717, 1.165) is 44.0 Å². The summed E-state index contributed by atoms with van der Waals surface area (Å²) in [6, 6.07) is 7.03. The molecule has 0 radical (unpaired) electrons. The van der Waals surface area contributed by atoms with Crippen molar-refractivity contribution in [2.45, 2.75) is 38.5 Å². The van der Waals surface area contributed by atoms with Crippen LogP contribution >= 0.6 is 0 Å². The van der Waals surface area contributed by atoms with Gasteiger partial charge in [-0.15, -0.1) is 0 Å². The molecule has 2 heterocycles. The van der Waals surface area contributed by atoms with Crippen LogP contribution in [0.1, 0.15) is 38.7 Å². The maximum absolute atomic E-state index is 13.8. The Morgan fingerprint density at radius 1 is 1.28 bits per heavy atom. The SMILES string of the molecule is CN=C(NCC1(c2cccc(F)c2)CCOCC1)N1CCC(C)(C)C1. The maximum Gasteiger partial charge on any atom is 0.193 e. The summed E-state index contributed by atoms with van der Waals surface area (Å²) in [5.74, 6) is 0.780. The van der Waals surface area contributed by atoms with Crippen molar-refractivity contribution in [2.75, 3.05) is 39.9 Å². The van der Waals surface area contributed by atoms with Crippen LogP contribution < -0.4 is 5.32 Å². The fourth-order valence-electron chi connectivity index (χ4n) is 4.02. The van der Waals surface area contributed by atoms with Gasteiger partial charge in [-0.3, -0.25) is 4.99 Å². The minimum Gasteiger partial charge on any atom is -0.381 e. The zero-order valence-corrected chi connectivity index (χ0v) is 15.6. The quantitative estimate of drug-likeness (QED) is 0.674. The number of aliphatic imine (C=N–C) groups is 1. The van der Waals surface area contributed by atoms with Gasteiger partial charge in [0.25, 0.3) is 0 Å². The molecule has 2 saturated heterocycles. The Morgan fingerprint density at radius 3 is 2.64 bits per heavy atom. The van der Waals surface area contributed by atoms with Crippen LogP contribution in [0.3, 0.4) is 0 Å². The third-order valence-electron chi connectivity index (χ3n) is 5.66. The molecule has 0 spiro atoms. The molecule has 0 unspecified atom stereocenters. The lowest BCUT2D eigenvalue weighted by Crippen LogP contribution is -2.49. The van der Waals surface area contributed by atoms with Crippen LogP contribution in [0.5, 0.6) is 0 Å². The highest BCUT2D eigenvalue weighted by Gasteiger charge is 2.36. The van der Waals surface area contributed by atoms with Crippen molar-refractivity contribution < 1.29 is 9.13 Å². The number of benzene rings is 1. The molecule has 1 N–H and O–H groups in total. The molecule has 2 aliphatic heterocycles. The van der Waals surface area contributed by atoms with E-state index < -0.39 is 0 Å². The molecule has 1 aromatic rings. The predicted octanol–water partition coefficient (Wildman–Crippen LogP) is 3.18. The van der Waals surface area contributed by atoms with E-state index in [4.69, 9.17) is 4.74 Å². The van der Waals surface area contributed by atoms with Crippen LogP contribution in [0.15, 0.2) is 29.3 Å². The van der Waals surface area contributed by atoms with Crippen molar-refractivity contribution in [3.05, 3.63) is 35.6 Å². The third kappa shape index (κ3) is 4.14. The summed E-state index contributed by atoms with van der Waals surface area (Å²) in [7, 11) is 1.84. The van der Waals surface area contributed by atoms with E-state index in [2.05, 4.69) is 29.1 Å². The Hall–Kier alpha value is -1.62. The largest absolute Gasteiger partial charge is 0.381 e. The van der Waals surface area contributed by atoms with Gasteiger partial charge in [0, 0.05) is 45.3 Å². The molecular formula is C20H30FN3O. The van der Waals surface area contributed by atoms with Gasteiger partial charge in [-0.05, 0) is 42.4 Å². The van der Waals surface area contributed by atoms with Gasteiger partial charge in [-0.1, -0.05) is 26.0 Å². The van der Waals surface area contributed by atoms with Crippen LogP contribution in [-0.2, 0) is 10.2 Å². The van der Waals surface area contributed by atoms with Crippen molar-refractivity contribution in [3.8, 4) is 0 Å². The van der Waals surface area contributed by atoms with Gasteiger partial charge in [0.05, 0.1) is 0 Å². The highest BCUT2D eigenvalue weighted by atomic mass is 19.1. The van der Waals surface area contributed by atoms with E-state index >= 15 is 0 Å². The molecule has 0 aromatic heterocycles. The molecule has 2 fully saturated rings. The minimum absolute atomic E-state index is 0.106. The molecule has 0 aliphatic carbocycles. The van der Waals surface area contributed by atoms with Gasteiger partial charge >= 0.3 is 0 Å². The zero-order chi connectivity index (χ0) is 17.9. The van der Waals surface area contributed by atoms with Gasteiger partial charge in [-0.2, -0.15) is 0 Å². The number of nitrogens with one attached hydrogen (secondary N) is 1. The number of guanidine groups is 1. The van der Waals surface area contributed by atoms with Gasteiger partial charge < -0.3 is 15.0 Å². The molecule has 0 bridgehead atoms. The van der Waals surface area contributed by atoms with Gasteiger partial charge in [0.2, 0.25) is 0 Å². The van der Waals surface area contributed by atoms with Crippen LogP contribution in [0.4, 0.5) is 4.39 Å². The lowest BCUT2D eigenvalue weighted by Gasteiger charge is -2.39. The monoisotopic (exact) mass is 347 g/mol. The van der Waals surface area contributed by atoms with E-state index in [1.54, 1.807) is 12.1 Å². The third-order valence-corrected chi connectivity index (χ3v) is 5.66. The molecular weight excluding hydrogens is 317 g/mol. The second-order valence-electron chi connectivity index (χ2n) is 8.14. The summed E-state index contributed by atoms with van der Waals surface area (Å²) in [6.45, 7) is 8.83. The zero-order valence-electron chi connectivity index (χ0n) is 15.6. The Labute approximate surface area is 150 Å². The normalized spacial score (nSPS) is 22.9. The average molecular weight is 347 g/mol. The lowest BCUT2D eigenvalue weighted by atomic mass is 9.74. The molecule has 4 nitrogen and oxygen atoms in total. The van der Waals surface area contributed by atoms with Gasteiger partial charge in [0.15, 0.2) is 5.96 Å². The van der Waals surface area contributed by atoms with Crippen LogP contribution in [0.2, 0.25) is 0 Å². The molecule has 1 aromatic carbocycles. The molecule has 5 heteroatoms. The van der Waals surface area contributed by atoms with Crippen molar-refractivity contribution >= 4 is 5.96 Å².